The minimum atomic E-state index is -0.705. The summed E-state index contributed by atoms with van der Waals surface area (Å²) in [5.41, 5.74) is 5.18. The fourth-order valence-electron chi connectivity index (χ4n) is 6.07. The van der Waals surface area contributed by atoms with Gasteiger partial charge in [0.1, 0.15) is 36.0 Å². The van der Waals surface area contributed by atoms with Gasteiger partial charge in [-0.05, 0) is 71.1 Å². The molecule has 2 heterocycles. The molecule has 0 saturated carbocycles. The molecule has 0 radical (unpaired) electrons. The average Bonchev–Trinajstić information content (AvgIpc) is 3.16. The summed E-state index contributed by atoms with van der Waals surface area (Å²) in [6.07, 6.45) is 4.40. The number of aromatic nitrogens is 1. The van der Waals surface area contributed by atoms with Crippen LogP contribution in [0.3, 0.4) is 0 Å². The van der Waals surface area contributed by atoms with Crippen LogP contribution in [0.5, 0.6) is 23.1 Å². The first-order valence-electron chi connectivity index (χ1n) is 17.7. The summed E-state index contributed by atoms with van der Waals surface area (Å²) in [7, 11) is 0. The second kappa shape index (κ2) is 19.1. The molecule has 0 N–H and O–H groups in total. The minimum Gasteiger partial charge on any atom is -0.493 e. The molecule has 1 aliphatic rings. The van der Waals surface area contributed by atoms with Crippen LogP contribution in [0, 0.1) is 17.5 Å². The van der Waals surface area contributed by atoms with Crippen molar-refractivity contribution < 1.29 is 32.2 Å². The molecular formula is C43H43ClF3N3O4. The van der Waals surface area contributed by atoms with Crippen LogP contribution in [0.1, 0.15) is 47.6 Å². The Hall–Kier alpha value is -5.32. The smallest absolute Gasteiger partial charge is 0.219 e. The van der Waals surface area contributed by atoms with E-state index in [0.717, 1.165) is 43.9 Å². The van der Waals surface area contributed by atoms with E-state index in [1.165, 1.54) is 53.2 Å². The number of benzene rings is 4. The van der Waals surface area contributed by atoms with Gasteiger partial charge in [-0.2, -0.15) is 0 Å². The lowest BCUT2D eigenvalue weighted by atomic mass is 10.0. The Balaban J connectivity index is 0.00000561. The Morgan fingerprint density at radius 2 is 1.52 bits per heavy atom. The van der Waals surface area contributed by atoms with Crippen molar-refractivity contribution in [3.63, 3.8) is 0 Å². The molecule has 0 spiro atoms. The van der Waals surface area contributed by atoms with Gasteiger partial charge in [0, 0.05) is 74.2 Å². The molecule has 7 nitrogen and oxygen atoms in total. The number of ether oxygens (including phenoxy) is 3. The van der Waals surface area contributed by atoms with Crippen molar-refractivity contribution in [2.24, 2.45) is 0 Å². The number of carbonyl (C=O) groups is 1. The second-order valence-corrected chi connectivity index (χ2v) is 13.2. The normalized spacial score (nSPS) is 13.4. The highest BCUT2D eigenvalue weighted by Gasteiger charge is 2.21. The number of pyridine rings is 1. The maximum absolute atomic E-state index is 15.3. The van der Waals surface area contributed by atoms with Crippen molar-refractivity contribution in [2.45, 2.75) is 39.3 Å². The predicted molar refractivity (Wildman–Crippen MR) is 206 cm³/mol. The van der Waals surface area contributed by atoms with Gasteiger partial charge in [-0.25, -0.2) is 18.2 Å². The van der Waals surface area contributed by atoms with Crippen LogP contribution in [0.2, 0.25) is 0 Å². The first-order valence-corrected chi connectivity index (χ1v) is 17.7. The summed E-state index contributed by atoms with van der Waals surface area (Å²) in [6, 6.07) is 27.8. The second-order valence-electron chi connectivity index (χ2n) is 13.2. The molecule has 1 saturated heterocycles. The van der Waals surface area contributed by atoms with Crippen molar-refractivity contribution in [3.05, 3.63) is 155 Å². The lowest BCUT2D eigenvalue weighted by Crippen LogP contribution is -2.45. The van der Waals surface area contributed by atoms with Crippen LogP contribution in [-0.4, -0.2) is 53.9 Å². The van der Waals surface area contributed by atoms with Crippen molar-refractivity contribution in [1.29, 1.82) is 0 Å². The number of rotatable bonds is 15. The molecule has 0 aliphatic carbocycles. The molecule has 1 aromatic heterocycles. The Morgan fingerprint density at radius 1 is 0.796 bits per heavy atom. The molecule has 6 rings (SSSR count). The van der Waals surface area contributed by atoms with Gasteiger partial charge in [0.2, 0.25) is 5.88 Å². The Labute approximate surface area is 320 Å². The van der Waals surface area contributed by atoms with Crippen molar-refractivity contribution in [3.8, 4) is 23.1 Å². The number of halogens is 4. The highest BCUT2D eigenvalue weighted by molar-refractivity contribution is 5.85. The lowest BCUT2D eigenvalue weighted by Gasteiger charge is -2.37. The number of allylic oxidation sites excluding steroid dienone is 1. The summed E-state index contributed by atoms with van der Waals surface area (Å²) in [5.74, 6) is -0.189. The van der Waals surface area contributed by atoms with Crippen molar-refractivity contribution in [2.75, 3.05) is 32.8 Å². The highest BCUT2D eigenvalue weighted by atomic mass is 35.5. The molecule has 1 aliphatic heterocycles. The number of hydrogen-bond acceptors (Lipinski definition) is 7. The van der Waals surface area contributed by atoms with E-state index in [1.54, 1.807) is 12.1 Å². The maximum atomic E-state index is 15.3. The Bertz CT molecular complexity index is 2000. The van der Waals surface area contributed by atoms with E-state index in [2.05, 4.69) is 65.0 Å². The molecule has 4 aromatic carbocycles. The molecule has 0 unspecified atom stereocenters. The summed E-state index contributed by atoms with van der Waals surface area (Å²) in [5, 5.41) is 0. The molecule has 0 atom stereocenters. The molecule has 1 fully saturated rings. The summed E-state index contributed by atoms with van der Waals surface area (Å²) < 4.78 is 59.5. The number of carbonyl (C=O) groups excluding carboxylic acids is 1. The standard InChI is InChI=1S/C43H42F3N3O4.ClH/c1-30(2)33-7-3-31(4-8-33)18-24-51-37-12-5-32(6-13-37)28-48-19-21-49(22-20-48)41(17-23-50)34-10-15-42(40(46)25-34)53-43-16-14-38(27-47-43)52-29-35-9-11-36(44)26-39(35)45;/h3-17,23,25-27,30H,18-22,24,28-29H2,1-2H3;1H/b41-17+;. The molecule has 11 heteroatoms. The van der Waals surface area contributed by atoms with Gasteiger partial charge in [0.25, 0.3) is 0 Å². The van der Waals surface area contributed by atoms with E-state index < -0.39 is 17.5 Å². The third kappa shape index (κ3) is 10.9. The monoisotopic (exact) mass is 757 g/mol. The summed E-state index contributed by atoms with van der Waals surface area (Å²) in [6.45, 7) is 8.58. The molecule has 282 valence electrons. The van der Waals surface area contributed by atoms with E-state index in [9.17, 15) is 13.6 Å². The first-order chi connectivity index (χ1) is 25.7. The highest BCUT2D eigenvalue weighted by Crippen LogP contribution is 2.29. The maximum Gasteiger partial charge on any atom is 0.219 e. The average molecular weight is 758 g/mol. The zero-order valence-electron chi connectivity index (χ0n) is 30.2. The molecule has 54 heavy (non-hydrogen) atoms. The van der Waals surface area contributed by atoms with Gasteiger partial charge >= 0.3 is 0 Å². The van der Waals surface area contributed by atoms with Crippen LogP contribution in [0.25, 0.3) is 5.70 Å². The van der Waals surface area contributed by atoms with Crippen LogP contribution in [-0.2, 0) is 24.4 Å². The SMILES string of the molecule is CC(C)c1ccc(CCOc2ccc(CN3CCN(/C(=C/C=O)c4ccc(Oc5ccc(OCc6ccc(F)cc6F)cn5)c(F)c4)CC3)cc2)cc1.Cl. The minimum absolute atomic E-state index is 0. The fourth-order valence-corrected chi connectivity index (χ4v) is 6.07. The van der Waals surface area contributed by atoms with Crippen LogP contribution < -0.4 is 14.2 Å². The third-order valence-corrected chi connectivity index (χ3v) is 9.14. The molecule has 0 amide bonds. The van der Waals surface area contributed by atoms with Crippen LogP contribution in [0.15, 0.2) is 109 Å². The van der Waals surface area contributed by atoms with Gasteiger partial charge in [0.15, 0.2) is 11.6 Å². The largest absolute Gasteiger partial charge is 0.493 e. The topological polar surface area (TPSA) is 64.1 Å². The first kappa shape index (κ1) is 39.9. The van der Waals surface area contributed by atoms with Crippen molar-refractivity contribution in [1.82, 2.24) is 14.8 Å². The van der Waals surface area contributed by atoms with E-state index in [4.69, 9.17) is 14.2 Å². The number of piperazine rings is 1. The van der Waals surface area contributed by atoms with Gasteiger partial charge < -0.3 is 19.1 Å². The van der Waals surface area contributed by atoms with E-state index >= 15 is 4.39 Å². The van der Waals surface area contributed by atoms with Crippen LogP contribution >= 0.6 is 12.4 Å². The number of nitrogens with zero attached hydrogens (tertiary/aromatic N) is 3. The van der Waals surface area contributed by atoms with Crippen molar-refractivity contribution >= 4 is 24.4 Å². The predicted octanol–water partition coefficient (Wildman–Crippen LogP) is 9.39. The van der Waals surface area contributed by atoms with Gasteiger partial charge in [-0.15, -0.1) is 12.4 Å². The number of hydrogen-bond donors (Lipinski definition) is 0. The van der Waals surface area contributed by atoms with E-state index in [0.29, 0.717) is 48.9 Å². The van der Waals surface area contributed by atoms with Gasteiger partial charge in [-0.1, -0.05) is 50.2 Å². The summed E-state index contributed by atoms with van der Waals surface area (Å²) in [4.78, 5) is 20.2. The van der Waals surface area contributed by atoms with E-state index in [1.807, 2.05) is 12.1 Å². The number of aldehydes is 1. The molecule has 5 aromatic rings. The fraction of sp³-hybridized carbons (Fsp3) is 0.256. The summed E-state index contributed by atoms with van der Waals surface area (Å²) >= 11 is 0. The Morgan fingerprint density at radius 3 is 2.17 bits per heavy atom. The van der Waals surface area contributed by atoms with E-state index in [-0.39, 0.29) is 36.2 Å². The van der Waals surface area contributed by atoms with Gasteiger partial charge in [0.05, 0.1) is 12.8 Å². The molecular weight excluding hydrogens is 715 g/mol. The lowest BCUT2D eigenvalue weighted by molar-refractivity contribution is -0.104. The van der Waals surface area contributed by atoms with Crippen LogP contribution in [0.4, 0.5) is 13.2 Å². The zero-order chi connectivity index (χ0) is 37.2. The zero-order valence-corrected chi connectivity index (χ0v) is 31.0. The third-order valence-electron chi connectivity index (χ3n) is 9.14. The molecule has 0 bridgehead atoms. The Kier molecular flexibility index (Phi) is 14.1. The van der Waals surface area contributed by atoms with Gasteiger partial charge in [-0.3, -0.25) is 9.69 Å². The quantitative estimate of drug-likeness (QED) is 0.0779.